The van der Waals surface area contributed by atoms with E-state index in [9.17, 15) is 14.0 Å². The number of fused-ring (bicyclic) bond motifs is 1. The molecule has 0 fully saturated rings. The number of carbonyl (C=O) groups is 1. The highest BCUT2D eigenvalue weighted by Gasteiger charge is 2.14. The van der Waals surface area contributed by atoms with Gasteiger partial charge in [0.1, 0.15) is 23.4 Å². The first kappa shape index (κ1) is 23.7. The number of halogens is 1. The fourth-order valence-electron chi connectivity index (χ4n) is 3.81. The van der Waals surface area contributed by atoms with Gasteiger partial charge in [-0.25, -0.2) is 14.5 Å². The summed E-state index contributed by atoms with van der Waals surface area (Å²) in [5, 5.41) is 8.33. The monoisotopic (exact) mass is 496 g/mol. The molecule has 0 aliphatic heterocycles. The molecule has 2 heterocycles. The molecule has 0 radical (unpaired) electrons. The van der Waals surface area contributed by atoms with Gasteiger partial charge in [-0.05, 0) is 55.5 Å². The normalized spacial score (nSPS) is 11.2. The van der Waals surface area contributed by atoms with Crippen LogP contribution in [-0.2, 0) is 4.79 Å². The van der Waals surface area contributed by atoms with Crippen LogP contribution in [0.15, 0.2) is 99.6 Å². The van der Waals surface area contributed by atoms with Crippen molar-refractivity contribution in [2.45, 2.75) is 6.92 Å². The molecule has 37 heavy (non-hydrogen) atoms. The molecule has 2 aromatic heterocycles. The van der Waals surface area contributed by atoms with Crippen LogP contribution in [0.1, 0.15) is 11.1 Å². The Morgan fingerprint density at radius 1 is 1.14 bits per heavy atom. The maximum absolute atomic E-state index is 13.5. The van der Waals surface area contributed by atoms with Gasteiger partial charge in [-0.3, -0.25) is 9.59 Å². The summed E-state index contributed by atoms with van der Waals surface area (Å²) < 4.78 is 26.4. The molecule has 0 aliphatic carbocycles. The standard InChI is InChI=1S/C28H21FN4O4/c1-18-7-9-25(22(13-18)24-11-12-31-33(24)21-5-3-2-4-6-21)37-17-27(34)32-30-15-19-16-36-26-10-8-20(29)14-23(26)28(19)35/h2-16H,17H2,1H3,(H,32,34)/b30-15+. The van der Waals surface area contributed by atoms with Crippen LogP contribution in [0.2, 0.25) is 0 Å². The van der Waals surface area contributed by atoms with E-state index in [2.05, 4.69) is 15.6 Å². The van der Waals surface area contributed by atoms with Gasteiger partial charge in [-0.2, -0.15) is 10.2 Å². The Bertz CT molecular complexity index is 1680. The second-order valence-electron chi connectivity index (χ2n) is 8.21. The highest BCUT2D eigenvalue weighted by molar-refractivity contribution is 5.87. The summed E-state index contributed by atoms with van der Waals surface area (Å²) in [5.41, 5.74) is 5.67. The molecule has 8 nitrogen and oxygen atoms in total. The molecule has 1 amide bonds. The Morgan fingerprint density at radius 3 is 2.81 bits per heavy atom. The number of nitrogens with one attached hydrogen (secondary N) is 1. The molecule has 0 aliphatic rings. The number of para-hydroxylation sites is 1. The first-order valence-corrected chi connectivity index (χ1v) is 11.4. The second kappa shape index (κ2) is 10.3. The van der Waals surface area contributed by atoms with E-state index in [0.29, 0.717) is 5.75 Å². The van der Waals surface area contributed by atoms with E-state index in [1.807, 2.05) is 55.5 Å². The predicted octanol–water partition coefficient (Wildman–Crippen LogP) is 4.62. The smallest absolute Gasteiger partial charge is 0.277 e. The molecular weight excluding hydrogens is 475 g/mol. The zero-order chi connectivity index (χ0) is 25.8. The zero-order valence-electron chi connectivity index (χ0n) is 19.7. The topological polar surface area (TPSA) is 98.7 Å². The predicted molar refractivity (Wildman–Crippen MR) is 137 cm³/mol. The van der Waals surface area contributed by atoms with Gasteiger partial charge in [-0.1, -0.05) is 29.8 Å². The lowest BCUT2D eigenvalue weighted by atomic mass is 10.1. The van der Waals surface area contributed by atoms with Crippen molar-refractivity contribution in [1.29, 1.82) is 0 Å². The lowest BCUT2D eigenvalue weighted by molar-refractivity contribution is -0.123. The minimum atomic E-state index is -0.554. The number of ether oxygens (including phenoxy) is 1. The first-order chi connectivity index (χ1) is 18.0. The van der Waals surface area contributed by atoms with Crippen molar-refractivity contribution in [2.24, 2.45) is 5.10 Å². The van der Waals surface area contributed by atoms with Crippen LogP contribution in [0, 0.1) is 12.7 Å². The van der Waals surface area contributed by atoms with Crippen molar-refractivity contribution in [3.63, 3.8) is 0 Å². The number of benzene rings is 3. The van der Waals surface area contributed by atoms with Gasteiger partial charge in [0.25, 0.3) is 5.91 Å². The summed E-state index contributed by atoms with van der Waals surface area (Å²) in [6.07, 6.45) is 4.04. The maximum atomic E-state index is 13.5. The number of aryl methyl sites for hydroxylation is 1. The summed E-state index contributed by atoms with van der Waals surface area (Å²) >= 11 is 0. The molecule has 0 saturated heterocycles. The number of carbonyl (C=O) groups excluding carboxylic acids is 1. The zero-order valence-corrected chi connectivity index (χ0v) is 19.7. The fraction of sp³-hybridized carbons (Fsp3) is 0.0714. The van der Waals surface area contributed by atoms with Crippen LogP contribution >= 0.6 is 0 Å². The number of nitrogens with zero attached hydrogens (tertiary/aromatic N) is 3. The van der Waals surface area contributed by atoms with Gasteiger partial charge in [0, 0.05) is 5.56 Å². The molecule has 0 unspecified atom stereocenters. The van der Waals surface area contributed by atoms with Crippen molar-refractivity contribution in [3.05, 3.63) is 112 Å². The number of amides is 1. The van der Waals surface area contributed by atoms with E-state index in [-0.39, 0.29) is 23.1 Å². The molecule has 1 N–H and O–H groups in total. The summed E-state index contributed by atoms with van der Waals surface area (Å²) in [6.45, 7) is 1.65. The van der Waals surface area contributed by atoms with Crippen molar-refractivity contribution in [3.8, 4) is 22.7 Å². The molecule has 0 spiro atoms. The van der Waals surface area contributed by atoms with Crippen molar-refractivity contribution in [1.82, 2.24) is 15.2 Å². The van der Waals surface area contributed by atoms with Gasteiger partial charge in [0.2, 0.25) is 5.43 Å². The van der Waals surface area contributed by atoms with E-state index in [1.54, 1.807) is 16.9 Å². The SMILES string of the molecule is Cc1ccc(OCC(=O)N/N=C/c2coc3ccc(F)cc3c2=O)c(-c2ccnn2-c2ccccc2)c1. The maximum Gasteiger partial charge on any atom is 0.277 e. The van der Waals surface area contributed by atoms with Gasteiger partial charge in [0.05, 0.1) is 34.7 Å². The molecule has 0 saturated carbocycles. The van der Waals surface area contributed by atoms with Crippen molar-refractivity contribution < 1.29 is 18.3 Å². The van der Waals surface area contributed by atoms with E-state index < -0.39 is 17.2 Å². The number of hydrazone groups is 1. The molecule has 5 rings (SSSR count). The van der Waals surface area contributed by atoms with E-state index in [0.717, 1.165) is 34.8 Å². The van der Waals surface area contributed by atoms with E-state index >= 15 is 0 Å². The van der Waals surface area contributed by atoms with Gasteiger partial charge in [0.15, 0.2) is 6.61 Å². The van der Waals surface area contributed by atoms with Crippen LogP contribution in [0.4, 0.5) is 4.39 Å². The average Bonchev–Trinajstić information content (AvgIpc) is 3.40. The Balaban J connectivity index is 1.30. The first-order valence-electron chi connectivity index (χ1n) is 11.4. The van der Waals surface area contributed by atoms with Crippen LogP contribution in [-0.4, -0.2) is 28.5 Å². The molecule has 3 aromatic carbocycles. The highest BCUT2D eigenvalue weighted by Crippen LogP contribution is 2.32. The summed E-state index contributed by atoms with van der Waals surface area (Å²) in [4.78, 5) is 24.9. The summed E-state index contributed by atoms with van der Waals surface area (Å²) in [6, 6.07) is 20.9. The summed E-state index contributed by atoms with van der Waals surface area (Å²) in [7, 11) is 0. The average molecular weight is 496 g/mol. The van der Waals surface area contributed by atoms with Crippen LogP contribution < -0.4 is 15.6 Å². The third-order valence-electron chi connectivity index (χ3n) is 5.57. The third kappa shape index (κ3) is 5.15. The largest absolute Gasteiger partial charge is 0.483 e. The van der Waals surface area contributed by atoms with E-state index in [1.165, 1.54) is 18.4 Å². The Kier molecular flexibility index (Phi) is 6.58. The minimum absolute atomic E-state index is 0.0642. The lowest BCUT2D eigenvalue weighted by Crippen LogP contribution is -2.25. The molecule has 0 bridgehead atoms. The molecule has 9 heteroatoms. The molecule has 184 valence electrons. The van der Waals surface area contributed by atoms with Gasteiger partial charge < -0.3 is 9.15 Å². The Labute approximate surface area is 210 Å². The molecule has 5 aromatic rings. The van der Waals surface area contributed by atoms with Crippen molar-refractivity contribution in [2.75, 3.05) is 6.61 Å². The minimum Gasteiger partial charge on any atom is -0.483 e. The quantitative estimate of drug-likeness (QED) is 0.262. The second-order valence-corrected chi connectivity index (χ2v) is 8.21. The van der Waals surface area contributed by atoms with Crippen LogP contribution in [0.5, 0.6) is 5.75 Å². The van der Waals surface area contributed by atoms with Crippen LogP contribution in [0.25, 0.3) is 27.9 Å². The summed E-state index contributed by atoms with van der Waals surface area (Å²) in [5.74, 6) is -0.586. The van der Waals surface area contributed by atoms with Gasteiger partial charge in [-0.15, -0.1) is 0 Å². The van der Waals surface area contributed by atoms with Crippen molar-refractivity contribution >= 4 is 23.1 Å². The molecule has 0 atom stereocenters. The number of rotatable bonds is 7. The Hall–Kier alpha value is -5.05. The fourth-order valence-corrected chi connectivity index (χ4v) is 3.81. The highest BCUT2D eigenvalue weighted by atomic mass is 19.1. The number of aromatic nitrogens is 2. The van der Waals surface area contributed by atoms with Crippen LogP contribution in [0.3, 0.4) is 0 Å². The lowest BCUT2D eigenvalue weighted by Gasteiger charge is -2.14. The van der Waals surface area contributed by atoms with Gasteiger partial charge >= 0.3 is 0 Å². The Morgan fingerprint density at radius 2 is 1.97 bits per heavy atom. The molecular formula is C28H21FN4O4. The number of hydrogen-bond donors (Lipinski definition) is 1. The third-order valence-corrected chi connectivity index (χ3v) is 5.57. The van der Waals surface area contributed by atoms with E-state index in [4.69, 9.17) is 9.15 Å². The number of hydrogen-bond acceptors (Lipinski definition) is 6.